The highest BCUT2D eigenvalue weighted by Crippen LogP contribution is 2.07. The fourth-order valence-electron chi connectivity index (χ4n) is 0.707. The number of rotatable bonds is 2. The van der Waals surface area contributed by atoms with Crippen molar-refractivity contribution in [1.29, 1.82) is 5.41 Å². The maximum Gasteiger partial charge on any atom is 0.139 e. The van der Waals surface area contributed by atoms with Crippen LogP contribution in [0.3, 0.4) is 0 Å². The SMILES string of the molecule is N=Cn1cc(S)nc1/C=C\P. The summed E-state index contributed by atoms with van der Waals surface area (Å²) in [5.41, 5.74) is 0. The van der Waals surface area contributed by atoms with Gasteiger partial charge in [-0.15, -0.1) is 21.9 Å². The molecule has 1 atom stereocenters. The van der Waals surface area contributed by atoms with Crippen LogP contribution in [0.4, 0.5) is 0 Å². The Morgan fingerprint density at radius 2 is 2.45 bits per heavy atom. The zero-order chi connectivity index (χ0) is 8.27. The first-order valence-corrected chi connectivity index (χ1v) is 4.06. The predicted octanol–water partition coefficient (Wildman–Crippen LogP) is 1.47. The van der Waals surface area contributed by atoms with E-state index in [-0.39, 0.29) is 0 Å². The van der Waals surface area contributed by atoms with Gasteiger partial charge in [0.1, 0.15) is 10.9 Å². The summed E-state index contributed by atoms with van der Waals surface area (Å²) in [4.78, 5) is 4.05. The minimum absolute atomic E-state index is 0.617. The molecule has 0 fully saturated rings. The highest BCUT2D eigenvalue weighted by atomic mass is 32.1. The Balaban J connectivity index is 3.11. The summed E-state index contributed by atoms with van der Waals surface area (Å²) in [5, 5.41) is 7.62. The lowest BCUT2D eigenvalue weighted by molar-refractivity contribution is 1.11. The zero-order valence-corrected chi connectivity index (χ0v) is 7.78. The molecule has 0 aliphatic rings. The van der Waals surface area contributed by atoms with Gasteiger partial charge in [-0.1, -0.05) is 5.82 Å². The number of thiol groups is 1. The molecule has 0 aliphatic carbocycles. The van der Waals surface area contributed by atoms with Crippen LogP contribution < -0.4 is 0 Å². The molecule has 1 rings (SSSR count). The van der Waals surface area contributed by atoms with E-state index in [4.69, 9.17) is 5.41 Å². The minimum Gasteiger partial charge on any atom is -0.291 e. The fraction of sp³-hybridized carbons (Fsp3) is 0. The topological polar surface area (TPSA) is 41.7 Å². The minimum atomic E-state index is 0.617. The summed E-state index contributed by atoms with van der Waals surface area (Å²) < 4.78 is 1.59. The third kappa shape index (κ3) is 1.91. The van der Waals surface area contributed by atoms with E-state index in [0.29, 0.717) is 10.9 Å². The van der Waals surface area contributed by atoms with Gasteiger partial charge >= 0.3 is 0 Å². The number of nitrogens with one attached hydrogen (secondary N) is 1. The largest absolute Gasteiger partial charge is 0.291 e. The van der Waals surface area contributed by atoms with E-state index < -0.39 is 0 Å². The number of imidazole rings is 1. The van der Waals surface area contributed by atoms with Crippen LogP contribution in [-0.4, -0.2) is 15.9 Å². The highest BCUT2D eigenvalue weighted by Gasteiger charge is 1.98. The van der Waals surface area contributed by atoms with E-state index in [2.05, 4.69) is 26.9 Å². The Morgan fingerprint density at radius 3 is 3.00 bits per heavy atom. The Bertz CT molecular complexity index is 292. The third-order valence-electron chi connectivity index (χ3n) is 1.13. The number of aromatic nitrogens is 2. The van der Waals surface area contributed by atoms with Gasteiger partial charge in [0.2, 0.25) is 0 Å². The molecule has 58 valence electrons. The average Bonchev–Trinajstić information content (AvgIpc) is 2.32. The van der Waals surface area contributed by atoms with Crippen molar-refractivity contribution in [3.8, 4) is 0 Å². The second-order valence-electron chi connectivity index (χ2n) is 1.85. The Hall–Kier alpha value is -0.600. The molecule has 1 unspecified atom stereocenters. The number of nitrogens with zero attached hydrogens (tertiary/aromatic N) is 2. The summed E-state index contributed by atoms with van der Waals surface area (Å²) in [7, 11) is 2.45. The van der Waals surface area contributed by atoms with Crippen molar-refractivity contribution >= 4 is 34.3 Å². The normalized spacial score (nSPS) is 10.7. The molecule has 0 amide bonds. The van der Waals surface area contributed by atoms with E-state index in [1.54, 1.807) is 22.7 Å². The molecule has 1 aromatic rings. The lowest BCUT2D eigenvalue weighted by Crippen LogP contribution is -1.94. The van der Waals surface area contributed by atoms with Crippen LogP contribution in [0.5, 0.6) is 0 Å². The molecule has 5 heteroatoms. The molecule has 3 nitrogen and oxygen atoms in total. The molecule has 1 heterocycles. The second kappa shape index (κ2) is 3.69. The standard InChI is InChI=1S/C6H8N3PS/c7-4-9-3-6(11)8-5(9)1-2-10/h1-4,7,11H,10H2/b2-1-,7-4?. The molecule has 0 saturated carbocycles. The molecule has 0 bridgehead atoms. The van der Waals surface area contributed by atoms with Crippen molar-refractivity contribution < 1.29 is 0 Å². The van der Waals surface area contributed by atoms with Gasteiger partial charge in [-0.25, -0.2) is 4.98 Å². The van der Waals surface area contributed by atoms with E-state index >= 15 is 0 Å². The van der Waals surface area contributed by atoms with Crippen molar-refractivity contribution in [2.75, 3.05) is 0 Å². The van der Waals surface area contributed by atoms with Gasteiger partial charge < -0.3 is 0 Å². The van der Waals surface area contributed by atoms with E-state index in [0.717, 1.165) is 0 Å². The fourth-order valence-corrected chi connectivity index (χ4v) is 1.11. The van der Waals surface area contributed by atoms with Crippen LogP contribution in [0, 0.1) is 5.41 Å². The number of hydrogen-bond donors (Lipinski definition) is 2. The van der Waals surface area contributed by atoms with Crippen LogP contribution >= 0.6 is 21.9 Å². The van der Waals surface area contributed by atoms with Crippen molar-refractivity contribution in [3.63, 3.8) is 0 Å². The first-order valence-electron chi connectivity index (χ1n) is 2.94. The lowest BCUT2D eigenvalue weighted by atomic mass is 10.6. The summed E-state index contributed by atoms with van der Waals surface area (Å²) >= 11 is 4.05. The summed E-state index contributed by atoms with van der Waals surface area (Å²) in [5.74, 6) is 2.50. The van der Waals surface area contributed by atoms with E-state index in [1.165, 1.54) is 6.34 Å². The Kier molecular flexibility index (Phi) is 2.85. The molecule has 1 aromatic heterocycles. The van der Waals surface area contributed by atoms with Crippen LogP contribution in [0.1, 0.15) is 5.82 Å². The summed E-state index contributed by atoms with van der Waals surface area (Å²) in [6.45, 7) is 0. The van der Waals surface area contributed by atoms with Gasteiger partial charge in [0.05, 0.1) is 6.34 Å². The van der Waals surface area contributed by atoms with Gasteiger partial charge in [-0.05, 0) is 6.08 Å². The van der Waals surface area contributed by atoms with Crippen LogP contribution in [0.25, 0.3) is 6.08 Å². The quantitative estimate of drug-likeness (QED) is 0.311. The summed E-state index contributed by atoms with van der Waals surface area (Å²) in [6.07, 6.45) is 4.65. The molecule has 0 saturated heterocycles. The maximum atomic E-state index is 7.00. The summed E-state index contributed by atoms with van der Waals surface area (Å²) in [6, 6.07) is 0. The molecule has 0 radical (unpaired) electrons. The lowest BCUT2D eigenvalue weighted by Gasteiger charge is -1.90. The molecule has 1 N–H and O–H groups in total. The smallest absolute Gasteiger partial charge is 0.139 e. The Labute approximate surface area is 72.6 Å². The van der Waals surface area contributed by atoms with Gasteiger partial charge in [0.25, 0.3) is 0 Å². The van der Waals surface area contributed by atoms with Crippen LogP contribution in [0.2, 0.25) is 0 Å². The molecule has 11 heavy (non-hydrogen) atoms. The predicted molar refractivity (Wildman–Crippen MR) is 52.4 cm³/mol. The Morgan fingerprint density at radius 1 is 1.73 bits per heavy atom. The monoisotopic (exact) mass is 185 g/mol. The van der Waals surface area contributed by atoms with Crippen molar-refractivity contribution in [3.05, 3.63) is 17.8 Å². The third-order valence-corrected chi connectivity index (χ3v) is 1.54. The maximum absolute atomic E-state index is 7.00. The first kappa shape index (κ1) is 8.50. The van der Waals surface area contributed by atoms with Crippen molar-refractivity contribution in [1.82, 2.24) is 9.55 Å². The van der Waals surface area contributed by atoms with Crippen LogP contribution in [-0.2, 0) is 0 Å². The second-order valence-corrected chi connectivity index (χ2v) is 2.70. The van der Waals surface area contributed by atoms with Crippen LogP contribution in [0.15, 0.2) is 17.0 Å². The van der Waals surface area contributed by atoms with Gasteiger partial charge in [-0.2, -0.15) is 0 Å². The molecular weight excluding hydrogens is 177 g/mol. The van der Waals surface area contributed by atoms with Crippen molar-refractivity contribution in [2.45, 2.75) is 5.03 Å². The van der Waals surface area contributed by atoms with E-state index in [9.17, 15) is 0 Å². The van der Waals surface area contributed by atoms with Crippen molar-refractivity contribution in [2.24, 2.45) is 0 Å². The zero-order valence-electron chi connectivity index (χ0n) is 5.73. The molecule has 0 spiro atoms. The highest BCUT2D eigenvalue weighted by molar-refractivity contribution is 7.80. The average molecular weight is 185 g/mol. The van der Waals surface area contributed by atoms with E-state index in [1.807, 2.05) is 0 Å². The molecule has 0 aromatic carbocycles. The van der Waals surface area contributed by atoms with Gasteiger partial charge in [-0.3, -0.25) is 9.98 Å². The van der Waals surface area contributed by atoms with Gasteiger partial charge in [0.15, 0.2) is 0 Å². The van der Waals surface area contributed by atoms with Gasteiger partial charge in [0, 0.05) is 6.20 Å². The number of hydrogen-bond acceptors (Lipinski definition) is 3. The molecular formula is C6H8N3PS. The first-order chi connectivity index (χ1) is 5.27. The molecule has 0 aliphatic heterocycles.